The smallest absolute Gasteiger partial charge is 0.255 e. The summed E-state index contributed by atoms with van der Waals surface area (Å²) in [6, 6.07) is 13.4. The van der Waals surface area contributed by atoms with Crippen molar-refractivity contribution in [3.8, 4) is 0 Å². The Bertz CT molecular complexity index is 626. The zero-order chi connectivity index (χ0) is 14.5. The molecule has 0 atom stereocenters. The largest absolute Gasteiger partial charge is 0.322 e. The second kappa shape index (κ2) is 6.68. The van der Waals surface area contributed by atoms with Gasteiger partial charge in [-0.05, 0) is 43.3 Å². The monoisotopic (exact) mass is 332 g/mol. The summed E-state index contributed by atoms with van der Waals surface area (Å²) in [4.78, 5) is 12.4. The second-order valence-corrected chi connectivity index (χ2v) is 5.41. The first-order valence-electron chi connectivity index (χ1n) is 6.42. The van der Waals surface area contributed by atoms with Crippen LogP contribution in [0.4, 0.5) is 5.69 Å². The number of hydrogen-bond donors (Lipinski definition) is 2. The van der Waals surface area contributed by atoms with Crippen molar-refractivity contribution in [2.24, 2.45) is 0 Å². The maximum absolute atomic E-state index is 12.4. The van der Waals surface area contributed by atoms with E-state index in [1.165, 1.54) is 0 Å². The molecule has 0 heterocycles. The van der Waals surface area contributed by atoms with Gasteiger partial charge in [-0.1, -0.05) is 40.2 Å². The molecular weight excluding hydrogens is 316 g/mol. The topological polar surface area (TPSA) is 41.1 Å². The first-order chi connectivity index (χ1) is 9.63. The highest BCUT2D eigenvalue weighted by molar-refractivity contribution is 9.10. The molecule has 104 valence electrons. The van der Waals surface area contributed by atoms with Gasteiger partial charge in [-0.15, -0.1) is 0 Å². The number of nitrogens with one attached hydrogen (secondary N) is 2. The van der Waals surface area contributed by atoms with E-state index in [1.807, 2.05) is 56.4 Å². The zero-order valence-corrected chi connectivity index (χ0v) is 13.1. The van der Waals surface area contributed by atoms with E-state index in [9.17, 15) is 4.79 Å². The van der Waals surface area contributed by atoms with Crippen molar-refractivity contribution in [3.63, 3.8) is 0 Å². The molecule has 1 amide bonds. The molecule has 2 N–H and O–H groups in total. The van der Waals surface area contributed by atoms with Crippen molar-refractivity contribution in [2.75, 3.05) is 12.4 Å². The van der Waals surface area contributed by atoms with Gasteiger partial charge in [0.25, 0.3) is 5.91 Å². The highest BCUT2D eigenvalue weighted by Gasteiger charge is 2.12. The lowest BCUT2D eigenvalue weighted by Crippen LogP contribution is -2.16. The van der Waals surface area contributed by atoms with Crippen molar-refractivity contribution in [3.05, 3.63) is 63.6 Å². The Morgan fingerprint density at radius 2 is 1.90 bits per heavy atom. The molecule has 0 bridgehead atoms. The zero-order valence-electron chi connectivity index (χ0n) is 11.5. The lowest BCUT2D eigenvalue weighted by atomic mass is 10.1. The third-order valence-electron chi connectivity index (χ3n) is 3.15. The third kappa shape index (κ3) is 3.26. The first-order valence-corrected chi connectivity index (χ1v) is 7.21. The van der Waals surface area contributed by atoms with Crippen LogP contribution < -0.4 is 10.6 Å². The fraction of sp³-hybridized carbons (Fsp3) is 0.188. The maximum atomic E-state index is 12.4. The van der Waals surface area contributed by atoms with Gasteiger partial charge in [0.15, 0.2) is 0 Å². The van der Waals surface area contributed by atoms with Crippen LogP contribution in [0.5, 0.6) is 0 Å². The molecule has 2 rings (SSSR count). The van der Waals surface area contributed by atoms with Gasteiger partial charge in [0, 0.05) is 22.3 Å². The molecule has 3 nitrogen and oxygen atoms in total. The minimum Gasteiger partial charge on any atom is -0.322 e. The molecule has 0 radical (unpaired) electrons. The van der Waals surface area contributed by atoms with Crippen LogP contribution in [0.1, 0.15) is 21.5 Å². The van der Waals surface area contributed by atoms with Crippen LogP contribution in [-0.4, -0.2) is 13.0 Å². The van der Waals surface area contributed by atoms with Gasteiger partial charge in [-0.2, -0.15) is 0 Å². The number of halogens is 1. The maximum Gasteiger partial charge on any atom is 0.255 e. The highest BCUT2D eigenvalue weighted by atomic mass is 79.9. The lowest BCUT2D eigenvalue weighted by molar-refractivity contribution is 0.102. The summed E-state index contributed by atoms with van der Waals surface area (Å²) in [5.74, 6) is -0.0904. The molecule has 0 fully saturated rings. The van der Waals surface area contributed by atoms with Gasteiger partial charge in [0.2, 0.25) is 0 Å². The fourth-order valence-corrected chi connectivity index (χ4v) is 2.40. The molecule has 0 aliphatic rings. The van der Waals surface area contributed by atoms with Crippen LogP contribution in [0.3, 0.4) is 0 Å². The molecule has 2 aromatic carbocycles. The minimum absolute atomic E-state index is 0.0904. The average molecular weight is 333 g/mol. The van der Waals surface area contributed by atoms with E-state index in [0.717, 1.165) is 21.3 Å². The lowest BCUT2D eigenvalue weighted by Gasteiger charge is -2.12. The second-order valence-electron chi connectivity index (χ2n) is 4.55. The van der Waals surface area contributed by atoms with Crippen LogP contribution in [0.25, 0.3) is 0 Å². The van der Waals surface area contributed by atoms with Gasteiger partial charge in [-0.3, -0.25) is 4.79 Å². The first kappa shape index (κ1) is 14.8. The van der Waals surface area contributed by atoms with E-state index in [0.29, 0.717) is 12.1 Å². The Kier molecular flexibility index (Phi) is 4.93. The van der Waals surface area contributed by atoms with Gasteiger partial charge in [0.1, 0.15) is 0 Å². The Morgan fingerprint density at radius 1 is 1.15 bits per heavy atom. The predicted molar refractivity (Wildman–Crippen MR) is 86.0 cm³/mol. The number of para-hydroxylation sites is 1. The van der Waals surface area contributed by atoms with Gasteiger partial charge in [-0.25, -0.2) is 0 Å². The van der Waals surface area contributed by atoms with E-state index in [4.69, 9.17) is 0 Å². The summed E-state index contributed by atoms with van der Waals surface area (Å²) in [5.41, 5.74) is 3.52. The molecule has 0 spiro atoms. The number of anilines is 1. The van der Waals surface area contributed by atoms with Crippen molar-refractivity contribution >= 4 is 27.5 Å². The Morgan fingerprint density at radius 3 is 2.65 bits per heavy atom. The number of hydrogen-bond acceptors (Lipinski definition) is 2. The molecule has 0 aromatic heterocycles. The van der Waals surface area contributed by atoms with E-state index in [1.54, 1.807) is 0 Å². The SMILES string of the molecule is CNCc1ccccc1NC(=O)c1cccc(Br)c1C. The molecule has 0 saturated heterocycles. The molecule has 0 aliphatic carbocycles. The number of rotatable bonds is 4. The predicted octanol–water partition coefficient (Wildman–Crippen LogP) is 3.73. The molecule has 20 heavy (non-hydrogen) atoms. The molecular formula is C16H17BrN2O. The molecule has 0 aliphatic heterocycles. The Labute approximate surface area is 127 Å². The molecule has 0 saturated carbocycles. The summed E-state index contributed by atoms with van der Waals surface area (Å²) >= 11 is 3.45. The molecule has 0 unspecified atom stereocenters. The Hall–Kier alpha value is -1.65. The standard InChI is InChI=1S/C16H17BrN2O/c1-11-13(7-5-8-14(11)17)16(20)19-15-9-4-3-6-12(15)10-18-2/h3-9,18H,10H2,1-2H3,(H,19,20). The van der Waals surface area contributed by atoms with Crippen LogP contribution in [0.2, 0.25) is 0 Å². The highest BCUT2D eigenvalue weighted by Crippen LogP contribution is 2.21. The number of carbonyl (C=O) groups excluding carboxylic acids is 1. The van der Waals surface area contributed by atoms with Crippen molar-refractivity contribution < 1.29 is 4.79 Å². The van der Waals surface area contributed by atoms with Gasteiger partial charge < -0.3 is 10.6 Å². The van der Waals surface area contributed by atoms with Crippen LogP contribution in [0.15, 0.2) is 46.9 Å². The fourth-order valence-electron chi connectivity index (χ4n) is 2.03. The number of amides is 1. The number of carbonyl (C=O) groups is 1. The molecule has 4 heteroatoms. The van der Waals surface area contributed by atoms with Crippen molar-refractivity contribution in [2.45, 2.75) is 13.5 Å². The van der Waals surface area contributed by atoms with Crippen molar-refractivity contribution in [1.29, 1.82) is 0 Å². The van der Waals surface area contributed by atoms with E-state index >= 15 is 0 Å². The van der Waals surface area contributed by atoms with Gasteiger partial charge in [0.05, 0.1) is 0 Å². The van der Waals surface area contributed by atoms with E-state index in [2.05, 4.69) is 26.6 Å². The summed E-state index contributed by atoms with van der Waals surface area (Å²) in [7, 11) is 1.89. The molecule has 2 aromatic rings. The summed E-state index contributed by atoms with van der Waals surface area (Å²) in [6.45, 7) is 2.65. The van der Waals surface area contributed by atoms with Gasteiger partial charge >= 0.3 is 0 Å². The van der Waals surface area contributed by atoms with E-state index < -0.39 is 0 Å². The van der Waals surface area contributed by atoms with Crippen molar-refractivity contribution in [1.82, 2.24) is 5.32 Å². The quantitative estimate of drug-likeness (QED) is 0.895. The number of benzene rings is 2. The summed E-state index contributed by atoms with van der Waals surface area (Å²) < 4.78 is 0.939. The minimum atomic E-state index is -0.0904. The normalized spacial score (nSPS) is 10.3. The summed E-state index contributed by atoms with van der Waals surface area (Å²) in [5, 5.41) is 6.08. The summed E-state index contributed by atoms with van der Waals surface area (Å²) in [6.07, 6.45) is 0. The Balaban J connectivity index is 2.26. The van der Waals surface area contributed by atoms with E-state index in [-0.39, 0.29) is 5.91 Å². The average Bonchev–Trinajstić information content (AvgIpc) is 2.44. The van der Waals surface area contributed by atoms with Crippen LogP contribution >= 0.6 is 15.9 Å². The van der Waals surface area contributed by atoms with Crippen LogP contribution in [0, 0.1) is 6.92 Å². The third-order valence-corrected chi connectivity index (χ3v) is 4.00. The van der Waals surface area contributed by atoms with Crippen LogP contribution in [-0.2, 0) is 6.54 Å².